The molecule has 538 valence electrons. The predicted octanol–water partition coefficient (Wildman–Crippen LogP) is 22.4. The number of nitrogens with zero attached hydrogens (tertiary/aromatic N) is 1. The summed E-state index contributed by atoms with van der Waals surface area (Å²) in [5, 5.41) is 32.8. The van der Waals surface area contributed by atoms with Crippen molar-refractivity contribution in [2.45, 2.75) is 50.9 Å². The van der Waals surface area contributed by atoms with Crippen molar-refractivity contribution in [2.75, 3.05) is 26.2 Å². The third-order valence-corrected chi connectivity index (χ3v) is 20.8. The molecule has 1 aliphatic heterocycles. The highest BCUT2D eigenvalue weighted by molar-refractivity contribution is 9.11. The third kappa shape index (κ3) is 16.7. The molecule has 1 saturated carbocycles. The number of carboxylic acid groups (broad SMARTS) is 1. The summed E-state index contributed by atoms with van der Waals surface area (Å²) in [5.74, 6) is -4.74. The van der Waals surface area contributed by atoms with Gasteiger partial charge in [0.2, 0.25) is 5.78 Å². The van der Waals surface area contributed by atoms with E-state index in [1.165, 1.54) is 16.8 Å². The van der Waals surface area contributed by atoms with Crippen LogP contribution in [0.25, 0.3) is 110 Å². The van der Waals surface area contributed by atoms with Crippen LogP contribution in [-0.4, -0.2) is 88.7 Å². The molecule has 3 N–H and O–H groups in total. The van der Waals surface area contributed by atoms with Crippen LogP contribution in [0.15, 0.2) is 257 Å². The largest absolute Gasteiger partial charge is 0.489 e. The van der Waals surface area contributed by atoms with Gasteiger partial charge in [-0.1, -0.05) is 134 Å². The van der Waals surface area contributed by atoms with Gasteiger partial charge in [-0.25, -0.2) is 9.59 Å². The summed E-state index contributed by atoms with van der Waals surface area (Å²) < 4.78 is 44.0. The van der Waals surface area contributed by atoms with Gasteiger partial charge in [0.15, 0.2) is 0 Å². The van der Waals surface area contributed by atoms with Crippen molar-refractivity contribution >= 4 is 236 Å². The minimum atomic E-state index is -1.46. The Bertz CT molecular complexity index is 6060. The van der Waals surface area contributed by atoms with Crippen LogP contribution in [0.5, 0.6) is 5.75 Å². The molecule has 0 unspecified atom stereocenters. The SMILES string of the molecule is Brc1ccc2oc3ccc(Br)cc3c2c1.CCOC(=O)C(=O)c1ccc2oc3ccc(Br)cc3c2c1.O=C(N[C@H](CN1CCCC1)[C@H](O)c1ccc(OC2CC2)c(Cl)c1)C(=O)c1ccc2oc3ccc(Br)cc3c2c1.O=C(O)C(=O)c1ccc2oc3ccc(Br)cc3c2c1.c1ccc2c(c1)oc1ccccc12. The zero-order chi connectivity index (χ0) is 74.7. The number of para-hydroxylation sites is 2. The van der Waals surface area contributed by atoms with E-state index in [2.05, 4.69) is 114 Å². The zero-order valence-electron chi connectivity index (χ0n) is 56.5. The van der Waals surface area contributed by atoms with Crippen LogP contribution in [0, 0.1) is 0 Å². The van der Waals surface area contributed by atoms with Crippen LogP contribution in [0.1, 0.15) is 75.3 Å². The molecule has 6 heterocycles. The van der Waals surface area contributed by atoms with Crippen molar-refractivity contribution in [2.24, 2.45) is 0 Å². The molecule has 18 rings (SSSR count). The Hall–Kier alpha value is -9.75. The van der Waals surface area contributed by atoms with Gasteiger partial charge in [-0.15, -0.1) is 0 Å². The van der Waals surface area contributed by atoms with Crippen molar-refractivity contribution in [1.82, 2.24) is 10.2 Å². The van der Waals surface area contributed by atoms with Gasteiger partial charge in [-0.3, -0.25) is 19.2 Å². The number of likely N-dealkylation sites (tertiary alicyclic amines) is 1. The number of amides is 1. The predicted molar refractivity (Wildman–Crippen MR) is 432 cm³/mol. The lowest BCUT2D eigenvalue weighted by Crippen LogP contribution is -2.48. The number of aliphatic hydroxyl groups excluding tert-OH is 1. The number of carboxylic acids is 1. The number of aliphatic carboxylic acids is 1. The number of halogens is 6. The fraction of sp³-hybridized carbons (Fsp3) is 0.143. The van der Waals surface area contributed by atoms with Crippen molar-refractivity contribution in [3.8, 4) is 5.75 Å². The lowest BCUT2D eigenvalue weighted by Gasteiger charge is -2.28. The maximum absolute atomic E-state index is 13.3. The number of nitrogens with one attached hydrogen (secondary N) is 1. The number of ketones is 3. The highest BCUT2D eigenvalue weighted by Crippen LogP contribution is 2.39. The summed E-state index contributed by atoms with van der Waals surface area (Å²) in [6, 6.07) is 64.1. The Balaban J connectivity index is 0.000000120. The first-order valence-electron chi connectivity index (χ1n) is 33.9. The molecule has 2 atom stereocenters. The van der Waals surface area contributed by atoms with Crippen LogP contribution in [0.4, 0.5) is 0 Å². The summed E-state index contributed by atoms with van der Waals surface area (Å²) in [7, 11) is 0. The van der Waals surface area contributed by atoms with E-state index in [-0.39, 0.29) is 23.8 Å². The second-order valence-corrected chi connectivity index (χ2v) is 30.4. The number of esters is 1. The van der Waals surface area contributed by atoms with Gasteiger partial charge < -0.3 is 52.0 Å². The van der Waals surface area contributed by atoms with Gasteiger partial charge in [-0.2, -0.15) is 0 Å². The number of rotatable bonds is 14. The topological polar surface area (TPSA) is 242 Å². The number of Topliss-reactive ketones (excluding diaryl/α,β-unsaturated/α-hetero) is 3. The number of fused-ring (bicyclic) bond motifs is 15. The quantitative estimate of drug-likeness (QED) is 0.0521. The van der Waals surface area contributed by atoms with Gasteiger partial charge in [-0.05, 0) is 221 Å². The normalized spacial score (nSPS) is 13.4. The summed E-state index contributed by atoms with van der Waals surface area (Å²) in [4.78, 5) is 74.4. The van der Waals surface area contributed by atoms with Crippen LogP contribution in [0.2, 0.25) is 5.02 Å². The van der Waals surface area contributed by atoms with E-state index >= 15 is 0 Å². The number of hydrogen-bond acceptors (Lipinski definition) is 15. The first-order chi connectivity index (χ1) is 51.7. The highest BCUT2D eigenvalue weighted by atomic mass is 79.9. The van der Waals surface area contributed by atoms with Gasteiger partial charge in [0.25, 0.3) is 17.5 Å². The first kappa shape index (κ1) is 74.1. The molecule has 5 aromatic heterocycles. The van der Waals surface area contributed by atoms with Crippen LogP contribution in [-0.2, 0) is 19.1 Å². The van der Waals surface area contributed by atoms with Crippen LogP contribution < -0.4 is 10.1 Å². The number of aliphatic hydroxyl groups is 1. The number of ether oxygens (including phenoxy) is 2. The monoisotopic (exact) mass is 1770 g/mol. The lowest BCUT2D eigenvalue weighted by atomic mass is 10.0. The fourth-order valence-electron chi connectivity index (χ4n) is 12.7. The standard InChI is InChI=1S/C30H28BrClN2O5.C16H11BrO4.C14H7BrO4.C12H6Br2O.C12H8O/c31-19-5-10-26-22(15-19)21-13-17(3-8-25(21)39-26)29(36)30(37)33-24(16-34-11-1-2-12-34)28(35)18-4-9-27(23(32)14-18)38-20-6-7-20;1-2-20-16(19)15(18)9-3-5-13-11(7-9)12-8-10(17)4-6-14(12)21-13;15-8-2-4-12-10(6-8)9-5-7(13(16)14(17)18)1-3-11(9)19-12;13-7-1-3-11-9(5-7)10-6-8(14)2-4-12(10)15-11;1-3-7-11-9(5-1)10-6-2-4-8-12(10)13-11/h3-5,8-10,13-15,20,24,28,35H,1-2,6-7,11-12,16H2,(H,33,37);3-8H,2H2,1H3;1-6H,(H,17,18);1-6H;1-8H/t24-,28-;;;;/m1..../s1. The maximum atomic E-state index is 13.3. The Morgan fingerprint density at radius 1 is 0.458 bits per heavy atom. The third-order valence-electron chi connectivity index (χ3n) is 18.1. The number of carbonyl (C=O) groups is 6. The molecule has 1 amide bonds. The average Bonchev–Trinajstić information content (AvgIpc) is 1.64. The van der Waals surface area contributed by atoms with E-state index in [1.54, 1.807) is 73.7 Å². The second kappa shape index (κ2) is 32.4. The van der Waals surface area contributed by atoms with E-state index in [0.717, 1.165) is 132 Å². The van der Waals surface area contributed by atoms with Crippen LogP contribution in [0.3, 0.4) is 0 Å². The molecule has 2 fully saturated rings. The maximum Gasteiger partial charge on any atom is 0.379 e. The molecular weight excluding hydrogens is 1710 g/mol. The highest BCUT2D eigenvalue weighted by Gasteiger charge is 2.31. The summed E-state index contributed by atoms with van der Waals surface area (Å²) in [6.45, 7) is 4.00. The Labute approximate surface area is 656 Å². The fourth-order valence-corrected chi connectivity index (χ4v) is 14.8. The summed E-state index contributed by atoms with van der Waals surface area (Å²) >= 11 is 23.6. The van der Waals surface area contributed by atoms with Crippen molar-refractivity contribution in [3.63, 3.8) is 0 Å². The van der Waals surface area contributed by atoms with Crippen LogP contribution >= 0.6 is 91.3 Å². The van der Waals surface area contributed by atoms with Gasteiger partial charge in [0.05, 0.1) is 23.8 Å². The molecular formula is C84H60Br5ClN2O15. The Morgan fingerprint density at radius 3 is 1.19 bits per heavy atom. The Morgan fingerprint density at radius 2 is 0.813 bits per heavy atom. The van der Waals surface area contributed by atoms with Crippen molar-refractivity contribution in [1.29, 1.82) is 0 Å². The van der Waals surface area contributed by atoms with E-state index in [4.69, 9.17) is 48.3 Å². The van der Waals surface area contributed by atoms with Crippen molar-refractivity contribution in [3.05, 3.63) is 262 Å². The molecule has 23 heteroatoms. The minimum absolute atomic E-state index is 0.141. The molecule has 2 aliphatic rings. The lowest BCUT2D eigenvalue weighted by molar-refractivity contribution is -0.137. The van der Waals surface area contributed by atoms with E-state index in [9.17, 15) is 33.9 Å². The summed E-state index contributed by atoms with van der Waals surface area (Å²) in [5.41, 5.74) is 9.05. The molecule has 17 nitrogen and oxygen atoms in total. The van der Waals surface area contributed by atoms with Gasteiger partial charge >= 0.3 is 11.9 Å². The van der Waals surface area contributed by atoms with E-state index in [1.807, 2.05) is 115 Å². The zero-order valence-corrected chi connectivity index (χ0v) is 65.2. The molecule has 0 spiro atoms. The number of furan rings is 5. The number of carbonyl (C=O) groups excluding carboxylic acids is 5. The van der Waals surface area contributed by atoms with Crippen molar-refractivity contribution < 1.29 is 70.5 Å². The summed E-state index contributed by atoms with van der Waals surface area (Å²) in [6.07, 6.45) is 3.28. The minimum Gasteiger partial charge on any atom is -0.489 e. The number of hydrogen-bond donors (Lipinski definition) is 3. The molecule has 0 bridgehead atoms. The molecule has 1 aliphatic carbocycles. The first-order valence-corrected chi connectivity index (χ1v) is 38.2. The Kier molecular flexibility index (Phi) is 22.4. The van der Waals surface area contributed by atoms with Gasteiger partial charge in [0.1, 0.15) is 67.7 Å². The molecule has 16 aromatic rings. The second-order valence-electron chi connectivity index (χ2n) is 25.4. The smallest absolute Gasteiger partial charge is 0.379 e. The molecule has 107 heavy (non-hydrogen) atoms. The molecule has 0 radical (unpaired) electrons. The van der Waals surface area contributed by atoms with Gasteiger partial charge in [0, 0.05) is 99.5 Å². The molecule has 1 saturated heterocycles. The van der Waals surface area contributed by atoms with E-state index < -0.39 is 47.3 Å². The van der Waals surface area contributed by atoms with E-state index in [0.29, 0.717) is 56.4 Å². The average molecular weight is 1770 g/mol. The molecule has 11 aromatic carbocycles. The number of benzene rings is 11.